The number of Topliss-reactive ketones (excluding diaryl/α,β-unsaturated/α-hetero) is 1. The van der Waals surface area contributed by atoms with Crippen molar-refractivity contribution in [1.82, 2.24) is 10.2 Å². The van der Waals surface area contributed by atoms with Crippen molar-refractivity contribution in [2.75, 3.05) is 19.7 Å². The Morgan fingerprint density at radius 1 is 1.11 bits per heavy atom. The number of carbonyl (C=O) groups excluding carboxylic acids is 4. The molecule has 0 atom stereocenters. The lowest BCUT2D eigenvalue weighted by Crippen LogP contribution is -2.44. The quantitative estimate of drug-likeness (QED) is 0.483. The van der Waals surface area contributed by atoms with Gasteiger partial charge in [-0.05, 0) is 45.0 Å². The van der Waals surface area contributed by atoms with Crippen molar-refractivity contribution in [1.29, 1.82) is 0 Å². The number of ether oxygens (including phenoxy) is 1. The van der Waals surface area contributed by atoms with E-state index in [-0.39, 0.29) is 37.1 Å². The van der Waals surface area contributed by atoms with Crippen molar-refractivity contribution in [2.24, 2.45) is 0 Å². The molecule has 0 aliphatic rings. The van der Waals surface area contributed by atoms with Crippen LogP contribution < -0.4 is 5.32 Å². The predicted molar refractivity (Wildman–Crippen MR) is 102 cm³/mol. The number of amides is 2. The van der Waals surface area contributed by atoms with Crippen LogP contribution in [0.15, 0.2) is 24.3 Å². The summed E-state index contributed by atoms with van der Waals surface area (Å²) in [5.41, 5.74) is 0.455. The van der Waals surface area contributed by atoms with E-state index < -0.39 is 18.5 Å². The fraction of sp³-hybridized carbons (Fsp3) is 0.474. The molecule has 1 aromatic carbocycles. The molecule has 27 heavy (non-hydrogen) atoms. The average Bonchev–Trinajstić information content (AvgIpc) is 2.62. The minimum atomic E-state index is -0.645. The van der Waals surface area contributed by atoms with Gasteiger partial charge in [-0.1, -0.05) is 11.6 Å². The highest BCUT2D eigenvalue weighted by Crippen LogP contribution is 2.12. The van der Waals surface area contributed by atoms with E-state index in [1.165, 1.54) is 4.90 Å². The molecule has 0 bridgehead atoms. The third-order valence-corrected chi connectivity index (χ3v) is 3.85. The Balaban J connectivity index is 2.39. The zero-order valence-corrected chi connectivity index (χ0v) is 16.5. The number of likely N-dealkylation sites (N-methyl/N-ethyl adjacent to an activating group) is 1. The van der Waals surface area contributed by atoms with Crippen LogP contribution in [0, 0.1) is 0 Å². The van der Waals surface area contributed by atoms with Crippen LogP contribution in [0.2, 0.25) is 5.02 Å². The number of nitrogens with one attached hydrogen (secondary N) is 1. The van der Waals surface area contributed by atoms with E-state index in [1.807, 2.05) is 13.8 Å². The number of halogens is 1. The highest BCUT2D eigenvalue weighted by atomic mass is 35.5. The standard InChI is InChI=1S/C19H25ClN2O5/c1-4-22(11-17(24)21-13(2)3)18(25)12-27-19(26)10-9-16(23)14-5-7-15(20)8-6-14/h5-8,13H,4,9-12H2,1-3H3,(H,21,24). The summed E-state index contributed by atoms with van der Waals surface area (Å²) in [5, 5.41) is 3.21. The number of carbonyl (C=O) groups is 4. The van der Waals surface area contributed by atoms with Crippen LogP contribution in [0.25, 0.3) is 0 Å². The van der Waals surface area contributed by atoms with Crippen LogP contribution in [0.1, 0.15) is 44.0 Å². The number of benzene rings is 1. The van der Waals surface area contributed by atoms with Gasteiger partial charge in [0, 0.05) is 29.6 Å². The van der Waals surface area contributed by atoms with E-state index in [0.717, 1.165) is 0 Å². The molecule has 1 aromatic rings. The van der Waals surface area contributed by atoms with Crippen molar-refractivity contribution >= 4 is 35.2 Å². The first-order chi connectivity index (χ1) is 12.7. The first-order valence-electron chi connectivity index (χ1n) is 8.74. The zero-order chi connectivity index (χ0) is 20.4. The summed E-state index contributed by atoms with van der Waals surface area (Å²) in [4.78, 5) is 48.9. The van der Waals surface area contributed by atoms with Gasteiger partial charge in [0.1, 0.15) is 0 Å². The summed E-state index contributed by atoms with van der Waals surface area (Å²) in [6.07, 6.45) is -0.155. The Kier molecular flexibility index (Phi) is 9.50. The van der Waals surface area contributed by atoms with Gasteiger partial charge in [0.25, 0.3) is 5.91 Å². The third kappa shape index (κ3) is 8.68. The average molecular weight is 397 g/mol. The van der Waals surface area contributed by atoms with Crippen molar-refractivity contribution in [2.45, 2.75) is 39.7 Å². The fourth-order valence-electron chi connectivity index (χ4n) is 2.22. The molecule has 2 amide bonds. The number of hydrogen-bond acceptors (Lipinski definition) is 5. The topological polar surface area (TPSA) is 92.8 Å². The molecular weight excluding hydrogens is 372 g/mol. The zero-order valence-electron chi connectivity index (χ0n) is 15.8. The van der Waals surface area contributed by atoms with Crippen molar-refractivity contribution in [3.05, 3.63) is 34.9 Å². The second-order valence-corrected chi connectivity index (χ2v) is 6.66. The van der Waals surface area contributed by atoms with E-state index in [1.54, 1.807) is 31.2 Å². The number of esters is 1. The normalized spacial score (nSPS) is 10.4. The summed E-state index contributed by atoms with van der Waals surface area (Å²) in [6.45, 7) is 5.13. The lowest BCUT2D eigenvalue weighted by atomic mass is 10.1. The highest BCUT2D eigenvalue weighted by molar-refractivity contribution is 6.30. The van der Waals surface area contributed by atoms with Gasteiger partial charge in [-0.25, -0.2) is 0 Å². The number of ketones is 1. The van der Waals surface area contributed by atoms with E-state index in [0.29, 0.717) is 17.1 Å². The van der Waals surface area contributed by atoms with E-state index in [2.05, 4.69) is 5.32 Å². The lowest BCUT2D eigenvalue weighted by molar-refractivity contribution is -0.152. The Labute approximate surface area is 164 Å². The van der Waals surface area contributed by atoms with Crippen molar-refractivity contribution < 1.29 is 23.9 Å². The maximum absolute atomic E-state index is 12.1. The predicted octanol–water partition coefficient (Wildman–Crippen LogP) is 2.22. The minimum Gasteiger partial charge on any atom is -0.456 e. The van der Waals surface area contributed by atoms with Crippen LogP contribution in [-0.2, 0) is 19.1 Å². The lowest BCUT2D eigenvalue weighted by Gasteiger charge is -2.21. The Hall–Kier alpha value is -2.41. The summed E-state index contributed by atoms with van der Waals surface area (Å²) < 4.78 is 4.92. The third-order valence-electron chi connectivity index (χ3n) is 3.60. The molecule has 148 valence electrons. The van der Waals surface area contributed by atoms with Gasteiger partial charge in [0.05, 0.1) is 13.0 Å². The highest BCUT2D eigenvalue weighted by Gasteiger charge is 2.18. The van der Waals surface area contributed by atoms with Crippen LogP contribution in [0.4, 0.5) is 0 Å². The maximum atomic E-state index is 12.1. The summed E-state index contributed by atoms with van der Waals surface area (Å²) >= 11 is 5.76. The monoisotopic (exact) mass is 396 g/mol. The maximum Gasteiger partial charge on any atom is 0.306 e. The molecule has 0 aromatic heterocycles. The molecule has 0 unspecified atom stereocenters. The molecule has 0 fully saturated rings. The fourth-order valence-corrected chi connectivity index (χ4v) is 2.34. The second kappa shape index (κ2) is 11.3. The molecule has 0 aliphatic heterocycles. The molecule has 0 heterocycles. The molecule has 1 N–H and O–H groups in total. The number of nitrogens with zero attached hydrogens (tertiary/aromatic N) is 1. The minimum absolute atomic E-state index is 0.0249. The number of rotatable bonds is 10. The van der Waals surface area contributed by atoms with Crippen LogP contribution >= 0.6 is 11.6 Å². The van der Waals surface area contributed by atoms with Gasteiger partial charge in [-0.2, -0.15) is 0 Å². The summed E-state index contributed by atoms with van der Waals surface area (Å²) in [6, 6.07) is 6.34. The Morgan fingerprint density at radius 2 is 1.74 bits per heavy atom. The molecule has 0 saturated heterocycles. The molecule has 8 heteroatoms. The van der Waals surface area contributed by atoms with Crippen LogP contribution in [-0.4, -0.2) is 54.2 Å². The largest absolute Gasteiger partial charge is 0.456 e. The van der Waals surface area contributed by atoms with E-state index in [9.17, 15) is 19.2 Å². The molecule has 0 saturated carbocycles. The van der Waals surface area contributed by atoms with Crippen LogP contribution in [0.3, 0.4) is 0 Å². The molecule has 1 rings (SSSR count). The van der Waals surface area contributed by atoms with Gasteiger partial charge >= 0.3 is 5.97 Å². The second-order valence-electron chi connectivity index (χ2n) is 6.22. The molecule has 0 spiro atoms. The van der Waals surface area contributed by atoms with Gasteiger partial charge in [0.2, 0.25) is 5.91 Å². The van der Waals surface area contributed by atoms with Crippen molar-refractivity contribution in [3.63, 3.8) is 0 Å². The number of hydrogen-bond donors (Lipinski definition) is 1. The van der Waals surface area contributed by atoms with E-state index in [4.69, 9.17) is 16.3 Å². The molecule has 0 radical (unpaired) electrons. The van der Waals surface area contributed by atoms with Crippen LogP contribution in [0.5, 0.6) is 0 Å². The molecule has 7 nitrogen and oxygen atoms in total. The van der Waals surface area contributed by atoms with Gasteiger partial charge in [-0.15, -0.1) is 0 Å². The SMILES string of the molecule is CCN(CC(=O)NC(C)C)C(=O)COC(=O)CCC(=O)c1ccc(Cl)cc1. The summed E-state index contributed by atoms with van der Waals surface area (Å²) in [7, 11) is 0. The molecular formula is C19H25ClN2O5. The van der Waals surface area contributed by atoms with Gasteiger partial charge in [-0.3, -0.25) is 19.2 Å². The smallest absolute Gasteiger partial charge is 0.306 e. The van der Waals surface area contributed by atoms with Gasteiger partial charge in [0.15, 0.2) is 12.4 Å². The molecule has 0 aliphatic carbocycles. The summed E-state index contributed by atoms with van der Waals surface area (Å²) in [5.74, 6) is -1.60. The first kappa shape index (κ1) is 22.6. The Morgan fingerprint density at radius 3 is 2.30 bits per heavy atom. The Bertz CT molecular complexity index is 673. The first-order valence-corrected chi connectivity index (χ1v) is 9.12. The van der Waals surface area contributed by atoms with Crippen molar-refractivity contribution in [3.8, 4) is 0 Å². The van der Waals surface area contributed by atoms with E-state index >= 15 is 0 Å². The van der Waals surface area contributed by atoms with Gasteiger partial charge < -0.3 is 15.0 Å².